The summed E-state index contributed by atoms with van der Waals surface area (Å²) >= 11 is 0. The van der Waals surface area contributed by atoms with Crippen molar-refractivity contribution in [3.05, 3.63) is 71.1 Å². The molecule has 0 unspecified atom stereocenters. The predicted octanol–water partition coefficient (Wildman–Crippen LogP) is 3.94. The Balaban J connectivity index is 1.95. The predicted molar refractivity (Wildman–Crippen MR) is 132 cm³/mol. The van der Waals surface area contributed by atoms with Gasteiger partial charge in [-0.25, -0.2) is 0 Å². The summed E-state index contributed by atoms with van der Waals surface area (Å²) in [4.78, 5) is 14.6. The van der Waals surface area contributed by atoms with E-state index in [9.17, 15) is 4.79 Å². The molecule has 182 valence electrons. The summed E-state index contributed by atoms with van der Waals surface area (Å²) in [5.41, 5.74) is 9.09. The van der Waals surface area contributed by atoms with Gasteiger partial charge in [0.15, 0.2) is 12.4 Å². The number of nitrogens with zero attached hydrogens (tertiary/aromatic N) is 3. The van der Waals surface area contributed by atoms with Gasteiger partial charge in [-0.1, -0.05) is 86.5 Å². The molecule has 0 aliphatic carbocycles. The largest absolute Gasteiger partial charge is 0.457 e. The lowest BCUT2D eigenvalue weighted by molar-refractivity contribution is -0.246. The molecule has 1 fully saturated rings. The van der Waals surface area contributed by atoms with Gasteiger partial charge in [-0.2, -0.15) is 0 Å². The molecule has 1 saturated heterocycles. The van der Waals surface area contributed by atoms with Crippen molar-refractivity contribution in [3.8, 4) is 0 Å². The Morgan fingerprint density at radius 1 is 1.12 bits per heavy atom. The average molecular weight is 484 g/mol. The van der Waals surface area contributed by atoms with Gasteiger partial charge in [0.2, 0.25) is 0 Å². The van der Waals surface area contributed by atoms with Gasteiger partial charge in [-0.15, -0.1) is 0 Å². The summed E-state index contributed by atoms with van der Waals surface area (Å²) in [6, 6.07) is 20.0. The standard InChI is InChI=1S/C25H33N3O5Si/c1-18(29)32-23-22(27-28-26)16-19(33-24(23)30-5)17-31-34(25(2,3)4,20-12-8-6-9-13-20)21-14-10-7-11-15-21/h6-15,19,22-24H,16-17H2,1-5H3/t19-,22-,23+,24+/m0/s1. The van der Waals surface area contributed by atoms with Crippen molar-refractivity contribution in [3.63, 3.8) is 0 Å². The van der Waals surface area contributed by atoms with Gasteiger partial charge in [0.05, 0.1) is 18.8 Å². The number of azide groups is 1. The highest BCUT2D eigenvalue weighted by Crippen LogP contribution is 2.37. The Morgan fingerprint density at radius 2 is 1.68 bits per heavy atom. The highest BCUT2D eigenvalue weighted by atomic mass is 28.4. The minimum Gasteiger partial charge on any atom is -0.457 e. The Labute approximate surface area is 201 Å². The first-order valence-corrected chi connectivity index (χ1v) is 13.3. The van der Waals surface area contributed by atoms with Crippen LogP contribution in [0.2, 0.25) is 5.04 Å². The third-order valence-electron chi connectivity index (χ3n) is 6.12. The van der Waals surface area contributed by atoms with E-state index in [0.717, 1.165) is 10.4 Å². The van der Waals surface area contributed by atoms with E-state index in [2.05, 4.69) is 55.1 Å². The molecule has 1 aliphatic heterocycles. The Bertz CT molecular complexity index is 953. The molecular weight excluding hydrogens is 450 g/mol. The third-order valence-corrected chi connectivity index (χ3v) is 11.1. The normalized spacial score (nSPS) is 23.1. The van der Waals surface area contributed by atoms with Crippen molar-refractivity contribution >= 4 is 24.7 Å². The van der Waals surface area contributed by atoms with Crippen molar-refractivity contribution in [1.29, 1.82) is 0 Å². The number of ether oxygens (including phenoxy) is 3. The number of benzene rings is 2. The van der Waals surface area contributed by atoms with Gasteiger partial charge >= 0.3 is 5.97 Å². The van der Waals surface area contributed by atoms with Crippen LogP contribution in [0.4, 0.5) is 0 Å². The van der Waals surface area contributed by atoms with Crippen molar-refractivity contribution in [2.24, 2.45) is 5.11 Å². The smallest absolute Gasteiger partial charge is 0.303 e. The summed E-state index contributed by atoms with van der Waals surface area (Å²) in [6.07, 6.45) is -1.74. The number of hydrogen-bond donors (Lipinski definition) is 0. The van der Waals surface area contributed by atoms with Crippen LogP contribution < -0.4 is 10.4 Å². The van der Waals surface area contributed by atoms with Crippen LogP contribution in [-0.2, 0) is 23.4 Å². The van der Waals surface area contributed by atoms with E-state index in [1.165, 1.54) is 14.0 Å². The van der Waals surface area contributed by atoms with Crippen molar-refractivity contribution in [2.45, 2.75) is 63.7 Å². The summed E-state index contributed by atoms with van der Waals surface area (Å²) in [7, 11) is -1.29. The molecule has 0 N–H and O–H groups in total. The van der Waals surface area contributed by atoms with Crippen molar-refractivity contribution in [1.82, 2.24) is 0 Å². The van der Waals surface area contributed by atoms with Gasteiger partial charge in [-0.05, 0) is 27.4 Å². The van der Waals surface area contributed by atoms with E-state index in [0.29, 0.717) is 6.42 Å². The monoisotopic (exact) mass is 483 g/mol. The first-order valence-electron chi connectivity index (χ1n) is 11.4. The Kier molecular flexibility index (Phi) is 8.51. The van der Waals surface area contributed by atoms with Crippen LogP contribution in [0.1, 0.15) is 34.1 Å². The van der Waals surface area contributed by atoms with Crippen molar-refractivity contribution < 1.29 is 23.4 Å². The Hall–Kier alpha value is -2.68. The first-order chi connectivity index (χ1) is 16.2. The second kappa shape index (κ2) is 11.2. The maximum absolute atomic E-state index is 11.6. The average Bonchev–Trinajstić information content (AvgIpc) is 2.81. The second-order valence-corrected chi connectivity index (χ2v) is 13.7. The molecule has 34 heavy (non-hydrogen) atoms. The van der Waals surface area contributed by atoms with Gasteiger partial charge in [-0.3, -0.25) is 4.79 Å². The molecule has 8 nitrogen and oxygen atoms in total. The number of carbonyl (C=O) groups is 1. The van der Waals surface area contributed by atoms with E-state index in [4.69, 9.17) is 24.2 Å². The van der Waals surface area contributed by atoms with Crippen LogP contribution in [0.5, 0.6) is 0 Å². The number of hydrogen-bond acceptors (Lipinski definition) is 6. The number of carbonyl (C=O) groups excluding carboxylic acids is 1. The van der Waals surface area contributed by atoms with Gasteiger partial charge < -0.3 is 18.6 Å². The van der Waals surface area contributed by atoms with E-state index in [1.54, 1.807) is 0 Å². The minimum absolute atomic E-state index is 0.185. The molecule has 1 aliphatic rings. The molecule has 4 atom stereocenters. The topological polar surface area (TPSA) is 103 Å². The summed E-state index contributed by atoms with van der Waals surface area (Å²) in [5, 5.41) is 6.02. The van der Waals surface area contributed by atoms with E-state index in [-0.39, 0.29) is 11.6 Å². The molecule has 0 radical (unpaired) electrons. The van der Waals surface area contributed by atoms with Gasteiger partial charge in [0, 0.05) is 18.9 Å². The van der Waals surface area contributed by atoms with Crippen LogP contribution >= 0.6 is 0 Å². The van der Waals surface area contributed by atoms with Crippen LogP contribution in [0.15, 0.2) is 65.8 Å². The van der Waals surface area contributed by atoms with Crippen molar-refractivity contribution in [2.75, 3.05) is 13.7 Å². The van der Waals surface area contributed by atoms with E-state index in [1.807, 2.05) is 36.4 Å². The summed E-state index contributed by atoms with van der Waals surface area (Å²) in [5.74, 6) is -0.490. The quantitative estimate of drug-likeness (QED) is 0.186. The molecule has 0 spiro atoms. The lowest BCUT2D eigenvalue weighted by Gasteiger charge is -2.45. The fraction of sp³-hybridized carbons (Fsp3) is 0.480. The molecule has 0 saturated carbocycles. The van der Waals surface area contributed by atoms with Crippen LogP contribution in [0.25, 0.3) is 10.4 Å². The molecule has 0 amide bonds. The van der Waals surface area contributed by atoms with Crippen LogP contribution in [-0.4, -0.2) is 52.5 Å². The van der Waals surface area contributed by atoms with E-state index >= 15 is 0 Å². The zero-order valence-electron chi connectivity index (χ0n) is 20.4. The summed E-state index contributed by atoms with van der Waals surface area (Å²) < 4.78 is 23.9. The van der Waals surface area contributed by atoms with E-state index < -0.39 is 38.8 Å². The zero-order valence-corrected chi connectivity index (χ0v) is 21.4. The number of methoxy groups -OCH3 is 1. The SMILES string of the molecule is CO[C@@H]1O[C@H](CO[Si](c2ccccc2)(c2ccccc2)C(C)(C)C)C[C@H](N=[N+]=[N-])[C@H]1OC(C)=O. The number of rotatable bonds is 8. The van der Waals surface area contributed by atoms with Crippen LogP contribution in [0.3, 0.4) is 0 Å². The molecular formula is C25H33N3O5Si. The first kappa shape index (κ1) is 25.9. The highest BCUT2D eigenvalue weighted by Gasteiger charge is 2.51. The summed E-state index contributed by atoms with van der Waals surface area (Å²) in [6.45, 7) is 8.20. The number of esters is 1. The molecule has 9 heteroatoms. The fourth-order valence-corrected chi connectivity index (χ4v) is 9.28. The minimum atomic E-state index is -2.76. The van der Waals surface area contributed by atoms with Gasteiger partial charge in [0.1, 0.15) is 0 Å². The Morgan fingerprint density at radius 3 is 2.12 bits per heavy atom. The fourth-order valence-electron chi connectivity index (χ4n) is 4.69. The maximum atomic E-state index is 11.6. The molecule has 2 aromatic rings. The molecule has 0 aromatic heterocycles. The highest BCUT2D eigenvalue weighted by molar-refractivity contribution is 6.99. The lowest BCUT2D eigenvalue weighted by atomic mass is 10.0. The molecule has 1 heterocycles. The zero-order chi connectivity index (χ0) is 24.8. The molecule has 0 bridgehead atoms. The second-order valence-electron chi connectivity index (χ2n) is 9.42. The molecule has 2 aromatic carbocycles. The molecule has 3 rings (SSSR count). The van der Waals surface area contributed by atoms with Gasteiger partial charge in [0.25, 0.3) is 8.32 Å². The lowest BCUT2D eigenvalue weighted by Crippen LogP contribution is -2.67. The third kappa shape index (κ3) is 5.51. The maximum Gasteiger partial charge on any atom is 0.303 e. The van der Waals surface area contributed by atoms with Crippen LogP contribution in [0, 0.1) is 0 Å².